The van der Waals surface area contributed by atoms with Crippen molar-refractivity contribution in [3.8, 4) is 22.3 Å². The summed E-state index contributed by atoms with van der Waals surface area (Å²) >= 11 is 0. The van der Waals surface area contributed by atoms with Crippen molar-refractivity contribution in [1.82, 2.24) is 15.1 Å². The SMILES string of the molecule is Cc1noc(C)c1-c1cc(-c2cccc3c2NCC=C3)c2nc(C3CC3)[nH]c2c1. The highest BCUT2D eigenvalue weighted by Crippen LogP contribution is 2.43. The molecule has 2 aromatic carbocycles. The molecule has 29 heavy (non-hydrogen) atoms. The molecule has 0 radical (unpaired) electrons. The zero-order valence-corrected chi connectivity index (χ0v) is 16.5. The average molecular weight is 382 g/mol. The number of para-hydroxylation sites is 1. The molecule has 3 heterocycles. The predicted molar refractivity (Wildman–Crippen MR) is 116 cm³/mol. The molecular formula is C24H22N4O. The van der Waals surface area contributed by atoms with Crippen molar-refractivity contribution in [3.05, 3.63) is 59.2 Å². The topological polar surface area (TPSA) is 66.7 Å². The summed E-state index contributed by atoms with van der Waals surface area (Å²) in [6, 6.07) is 10.9. The lowest BCUT2D eigenvalue weighted by atomic mass is 9.93. The van der Waals surface area contributed by atoms with E-state index >= 15 is 0 Å². The van der Waals surface area contributed by atoms with Gasteiger partial charge in [-0.2, -0.15) is 0 Å². The van der Waals surface area contributed by atoms with Crippen LogP contribution >= 0.6 is 0 Å². The Morgan fingerprint density at radius 3 is 2.79 bits per heavy atom. The number of rotatable bonds is 3. The Morgan fingerprint density at radius 1 is 1.10 bits per heavy atom. The quantitative estimate of drug-likeness (QED) is 0.469. The summed E-state index contributed by atoms with van der Waals surface area (Å²) in [4.78, 5) is 8.62. The molecule has 2 aliphatic rings. The molecule has 1 aliphatic heterocycles. The van der Waals surface area contributed by atoms with Crippen LogP contribution in [0.4, 0.5) is 5.69 Å². The summed E-state index contributed by atoms with van der Waals surface area (Å²) in [7, 11) is 0. The molecule has 4 aromatic rings. The van der Waals surface area contributed by atoms with Gasteiger partial charge in [-0.15, -0.1) is 0 Å². The Bertz CT molecular complexity index is 1270. The van der Waals surface area contributed by atoms with Crippen LogP contribution in [-0.4, -0.2) is 21.7 Å². The number of aromatic amines is 1. The second-order valence-corrected chi connectivity index (χ2v) is 8.07. The van der Waals surface area contributed by atoms with E-state index < -0.39 is 0 Å². The van der Waals surface area contributed by atoms with Gasteiger partial charge in [0.1, 0.15) is 11.6 Å². The zero-order chi connectivity index (χ0) is 19.5. The maximum absolute atomic E-state index is 5.45. The van der Waals surface area contributed by atoms with Crippen molar-refractivity contribution < 1.29 is 4.52 Å². The summed E-state index contributed by atoms with van der Waals surface area (Å²) in [5, 5.41) is 7.72. The van der Waals surface area contributed by atoms with E-state index in [1.165, 1.54) is 29.7 Å². The number of nitrogens with zero attached hydrogens (tertiary/aromatic N) is 2. The molecule has 0 bridgehead atoms. The van der Waals surface area contributed by atoms with Crippen molar-refractivity contribution in [2.24, 2.45) is 0 Å². The fraction of sp³-hybridized carbons (Fsp3) is 0.250. The first-order chi connectivity index (χ1) is 14.2. The Hall–Kier alpha value is -3.34. The van der Waals surface area contributed by atoms with Crippen molar-refractivity contribution in [2.75, 3.05) is 11.9 Å². The highest BCUT2D eigenvalue weighted by atomic mass is 16.5. The minimum atomic E-state index is 0.573. The Kier molecular flexibility index (Phi) is 3.48. The first-order valence-electron chi connectivity index (χ1n) is 10.2. The number of benzene rings is 2. The molecule has 144 valence electrons. The molecule has 0 atom stereocenters. The molecule has 0 spiro atoms. The number of aromatic nitrogens is 3. The molecule has 5 nitrogen and oxygen atoms in total. The number of hydrogen-bond donors (Lipinski definition) is 2. The number of anilines is 1. The molecule has 6 rings (SSSR count). The van der Waals surface area contributed by atoms with Crippen LogP contribution in [0.25, 0.3) is 39.4 Å². The Morgan fingerprint density at radius 2 is 2.00 bits per heavy atom. The van der Waals surface area contributed by atoms with Crippen LogP contribution in [0.2, 0.25) is 0 Å². The molecule has 5 heteroatoms. The number of aryl methyl sites for hydroxylation is 2. The molecule has 0 saturated heterocycles. The zero-order valence-electron chi connectivity index (χ0n) is 16.5. The third-order valence-corrected chi connectivity index (χ3v) is 5.97. The molecule has 1 saturated carbocycles. The minimum absolute atomic E-state index is 0.573. The van der Waals surface area contributed by atoms with E-state index in [0.717, 1.165) is 51.5 Å². The van der Waals surface area contributed by atoms with E-state index in [1.54, 1.807) is 0 Å². The molecule has 1 aliphatic carbocycles. The van der Waals surface area contributed by atoms with Crippen LogP contribution < -0.4 is 5.32 Å². The van der Waals surface area contributed by atoms with Crippen LogP contribution in [0.3, 0.4) is 0 Å². The lowest BCUT2D eigenvalue weighted by molar-refractivity contribution is 0.393. The monoisotopic (exact) mass is 382 g/mol. The van der Waals surface area contributed by atoms with Gasteiger partial charge in [0.05, 0.1) is 16.7 Å². The van der Waals surface area contributed by atoms with Crippen molar-refractivity contribution in [1.29, 1.82) is 0 Å². The summed E-state index contributed by atoms with van der Waals surface area (Å²) in [6.07, 6.45) is 6.78. The highest BCUT2D eigenvalue weighted by Gasteiger charge is 2.28. The summed E-state index contributed by atoms with van der Waals surface area (Å²) in [5.41, 5.74) is 9.89. The van der Waals surface area contributed by atoms with Gasteiger partial charge in [-0.05, 0) is 49.9 Å². The Labute approximate surface area is 168 Å². The van der Waals surface area contributed by atoms with Crippen LogP contribution in [0.1, 0.15) is 41.6 Å². The van der Waals surface area contributed by atoms with Gasteiger partial charge in [0.25, 0.3) is 0 Å². The van der Waals surface area contributed by atoms with Crippen LogP contribution in [0.5, 0.6) is 0 Å². The lowest BCUT2D eigenvalue weighted by Crippen LogP contribution is -2.06. The molecular weight excluding hydrogens is 360 g/mol. The third kappa shape index (κ3) is 2.61. The normalized spacial score (nSPS) is 15.5. The van der Waals surface area contributed by atoms with Gasteiger partial charge in [0.2, 0.25) is 0 Å². The fourth-order valence-corrected chi connectivity index (χ4v) is 4.41. The molecule has 0 amide bonds. The predicted octanol–water partition coefficient (Wildman–Crippen LogP) is 5.82. The second-order valence-electron chi connectivity index (χ2n) is 8.07. The minimum Gasteiger partial charge on any atom is -0.381 e. The summed E-state index contributed by atoms with van der Waals surface area (Å²) in [6.45, 7) is 4.80. The fourth-order valence-electron chi connectivity index (χ4n) is 4.41. The maximum atomic E-state index is 5.45. The van der Waals surface area contributed by atoms with E-state index in [2.05, 4.69) is 57.9 Å². The van der Waals surface area contributed by atoms with Crippen molar-refractivity contribution >= 4 is 22.8 Å². The Balaban J connectivity index is 1.65. The van der Waals surface area contributed by atoms with Crippen molar-refractivity contribution in [3.63, 3.8) is 0 Å². The first-order valence-corrected chi connectivity index (χ1v) is 10.2. The summed E-state index contributed by atoms with van der Waals surface area (Å²) < 4.78 is 5.45. The first kappa shape index (κ1) is 16.6. The van der Waals surface area contributed by atoms with Gasteiger partial charge in [0.15, 0.2) is 0 Å². The van der Waals surface area contributed by atoms with Gasteiger partial charge in [-0.1, -0.05) is 35.5 Å². The third-order valence-electron chi connectivity index (χ3n) is 5.97. The molecule has 2 N–H and O–H groups in total. The van der Waals surface area contributed by atoms with Crippen LogP contribution in [0.15, 0.2) is 40.9 Å². The van der Waals surface area contributed by atoms with Gasteiger partial charge < -0.3 is 14.8 Å². The van der Waals surface area contributed by atoms with E-state index in [0.29, 0.717) is 5.92 Å². The molecule has 2 aromatic heterocycles. The van der Waals surface area contributed by atoms with Gasteiger partial charge >= 0.3 is 0 Å². The molecule has 1 fully saturated rings. The van der Waals surface area contributed by atoms with Gasteiger partial charge in [-0.3, -0.25) is 0 Å². The number of fused-ring (bicyclic) bond motifs is 2. The van der Waals surface area contributed by atoms with Crippen LogP contribution in [0, 0.1) is 13.8 Å². The van der Waals surface area contributed by atoms with Crippen LogP contribution in [-0.2, 0) is 0 Å². The standard InChI is InChI=1S/C24H22N4O/c1-13-21(14(2)29-28-13)17-11-19(18-7-3-5-15-6-4-10-25-22(15)18)23-20(12-17)26-24(27-23)16-8-9-16/h3-7,11-12,16,25H,8-10H2,1-2H3,(H,26,27). The number of imidazole rings is 1. The largest absolute Gasteiger partial charge is 0.381 e. The van der Waals surface area contributed by atoms with E-state index in [-0.39, 0.29) is 0 Å². The lowest BCUT2D eigenvalue weighted by Gasteiger charge is -2.18. The smallest absolute Gasteiger partial charge is 0.141 e. The summed E-state index contributed by atoms with van der Waals surface area (Å²) in [5.74, 6) is 2.52. The number of hydrogen-bond acceptors (Lipinski definition) is 4. The molecule has 0 unspecified atom stereocenters. The number of H-pyrrole nitrogens is 1. The van der Waals surface area contributed by atoms with Crippen molar-refractivity contribution in [2.45, 2.75) is 32.6 Å². The van der Waals surface area contributed by atoms with E-state index in [9.17, 15) is 0 Å². The highest BCUT2D eigenvalue weighted by molar-refractivity contribution is 6.01. The van der Waals surface area contributed by atoms with E-state index in [1.807, 2.05) is 13.8 Å². The van der Waals surface area contributed by atoms with Gasteiger partial charge in [-0.25, -0.2) is 4.98 Å². The van der Waals surface area contributed by atoms with E-state index in [4.69, 9.17) is 9.51 Å². The average Bonchev–Trinajstić information content (AvgIpc) is 3.42. The number of nitrogens with one attached hydrogen (secondary N) is 2. The van der Waals surface area contributed by atoms with Gasteiger partial charge in [0, 0.05) is 34.8 Å². The second kappa shape index (κ2) is 6.08. The maximum Gasteiger partial charge on any atom is 0.141 e.